The molecule has 6 heteroatoms. The van der Waals surface area contributed by atoms with Crippen LogP contribution in [0.15, 0.2) is 24.3 Å². The van der Waals surface area contributed by atoms with E-state index in [4.69, 9.17) is 0 Å². The zero-order valence-corrected chi connectivity index (χ0v) is 13.9. The van der Waals surface area contributed by atoms with Gasteiger partial charge in [-0.05, 0) is 25.3 Å². The van der Waals surface area contributed by atoms with Gasteiger partial charge in [0.1, 0.15) is 0 Å². The van der Waals surface area contributed by atoms with Crippen LogP contribution in [0.25, 0.3) is 0 Å². The summed E-state index contributed by atoms with van der Waals surface area (Å²) in [5.41, 5.74) is 1.90. The maximum Gasteiger partial charge on any atom is 0.233 e. The Hall–Kier alpha value is -1.40. The third-order valence-electron chi connectivity index (χ3n) is 4.72. The van der Waals surface area contributed by atoms with Crippen LogP contribution in [0.5, 0.6) is 0 Å². The van der Waals surface area contributed by atoms with Gasteiger partial charge in [-0.3, -0.25) is 4.79 Å². The fourth-order valence-electron chi connectivity index (χ4n) is 3.22. The Labute approximate surface area is 132 Å². The third kappa shape index (κ3) is 2.77. The highest BCUT2D eigenvalue weighted by atomic mass is 32.2. The van der Waals surface area contributed by atoms with Crippen molar-refractivity contribution in [3.8, 4) is 0 Å². The molecule has 1 aromatic carbocycles. The van der Waals surface area contributed by atoms with Crippen molar-refractivity contribution in [2.24, 2.45) is 0 Å². The van der Waals surface area contributed by atoms with Crippen molar-refractivity contribution in [3.63, 3.8) is 0 Å². The second kappa shape index (κ2) is 5.35. The number of aryl methyl sites for hydroxylation is 1. The maximum atomic E-state index is 12.9. The Morgan fingerprint density at radius 1 is 1.14 bits per heavy atom. The molecule has 1 amide bonds. The van der Waals surface area contributed by atoms with E-state index in [1.807, 2.05) is 30.0 Å². The quantitative estimate of drug-likeness (QED) is 0.838. The predicted molar refractivity (Wildman–Crippen MR) is 85.1 cm³/mol. The smallest absolute Gasteiger partial charge is 0.233 e. The van der Waals surface area contributed by atoms with Gasteiger partial charge in [0.05, 0.1) is 11.7 Å². The van der Waals surface area contributed by atoms with Gasteiger partial charge in [0.2, 0.25) is 15.9 Å². The summed E-state index contributed by atoms with van der Waals surface area (Å²) in [7, 11) is -3.16. The van der Waals surface area contributed by atoms with Gasteiger partial charge in [0.25, 0.3) is 0 Å². The predicted octanol–water partition coefficient (Wildman–Crippen LogP) is 1.13. The van der Waals surface area contributed by atoms with Gasteiger partial charge < -0.3 is 4.90 Å². The number of amides is 1. The zero-order chi connectivity index (χ0) is 16.0. The zero-order valence-electron chi connectivity index (χ0n) is 13.1. The first-order chi connectivity index (χ1) is 10.3. The summed E-state index contributed by atoms with van der Waals surface area (Å²) in [5, 5.41) is 0. The molecule has 22 heavy (non-hydrogen) atoms. The molecular weight excluding hydrogens is 300 g/mol. The number of rotatable bonds is 3. The van der Waals surface area contributed by atoms with E-state index in [1.165, 1.54) is 16.1 Å². The number of benzene rings is 1. The van der Waals surface area contributed by atoms with E-state index in [1.54, 1.807) is 0 Å². The summed E-state index contributed by atoms with van der Waals surface area (Å²) < 4.78 is 24.6. The molecule has 0 bridgehead atoms. The summed E-state index contributed by atoms with van der Waals surface area (Å²) in [6.45, 7) is 3.80. The molecule has 0 unspecified atom stereocenters. The summed E-state index contributed by atoms with van der Waals surface area (Å²) in [4.78, 5) is 14.7. The third-order valence-corrected chi connectivity index (χ3v) is 6.03. The number of sulfonamides is 1. The van der Waals surface area contributed by atoms with Gasteiger partial charge in [-0.25, -0.2) is 8.42 Å². The Morgan fingerprint density at radius 2 is 1.77 bits per heavy atom. The number of carbonyl (C=O) groups is 1. The van der Waals surface area contributed by atoms with Crippen LogP contribution in [-0.2, 0) is 20.2 Å². The number of carbonyl (C=O) groups excluding carboxylic acids is 1. The minimum atomic E-state index is -3.16. The number of piperazine rings is 1. The van der Waals surface area contributed by atoms with Gasteiger partial charge in [0.15, 0.2) is 0 Å². The lowest BCUT2D eigenvalue weighted by Gasteiger charge is -2.35. The standard InChI is InChI=1S/C16H22N2O3S/c1-13-4-3-5-14(12-13)16(6-7-16)15(19)17-8-10-18(11-9-17)22(2,20)21/h3-5,12H,6-11H2,1-2H3. The fourth-order valence-corrected chi connectivity index (χ4v) is 4.05. The molecule has 1 aliphatic carbocycles. The minimum Gasteiger partial charge on any atom is -0.339 e. The molecule has 0 aromatic heterocycles. The summed E-state index contributed by atoms with van der Waals surface area (Å²) in [6, 6.07) is 8.16. The van der Waals surface area contributed by atoms with E-state index >= 15 is 0 Å². The molecule has 120 valence electrons. The Balaban J connectivity index is 1.73. The molecule has 1 aliphatic heterocycles. The molecule has 5 nitrogen and oxygen atoms in total. The van der Waals surface area contributed by atoms with E-state index in [2.05, 4.69) is 6.07 Å². The molecule has 1 heterocycles. The monoisotopic (exact) mass is 322 g/mol. The van der Waals surface area contributed by atoms with Crippen LogP contribution in [0.2, 0.25) is 0 Å². The van der Waals surface area contributed by atoms with Crippen molar-refractivity contribution in [1.82, 2.24) is 9.21 Å². The van der Waals surface area contributed by atoms with Crippen LogP contribution in [0.4, 0.5) is 0 Å². The largest absolute Gasteiger partial charge is 0.339 e. The fraction of sp³-hybridized carbons (Fsp3) is 0.562. The highest BCUT2D eigenvalue weighted by Gasteiger charge is 2.53. The highest BCUT2D eigenvalue weighted by Crippen LogP contribution is 2.49. The normalized spacial score (nSPS) is 21.6. The van der Waals surface area contributed by atoms with Crippen LogP contribution in [0.1, 0.15) is 24.0 Å². The van der Waals surface area contributed by atoms with Crippen LogP contribution in [0, 0.1) is 6.92 Å². The van der Waals surface area contributed by atoms with E-state index < -0.39 is 10.0 Å². The number of nitrogens with zero attached hydrogens (tertiary/aromatic N) is 2. The molecule has 0 radical (unpaired) electrons. The number of hydrogen-bond acceptors (Lipinski definition) is 3. The maximum absolute atomic E-state index is 12.9. The van der Waals surface area contributed by atoms with E-state index in [0.29, 0.717) is 26.2 Å². The molecule has 0 N–H and O–H groups in total. The molecular formula is C16H22N2O3S. The van der Waals surface area contributed by atoms with E-state index in [0.717, 1.165) is 18.4 Å². The van der Waals surface area contributed by atoms with Crippen molar-refractivity contribution in [3.05, 3.63) is 35.4 Å². The molecule has 2 fully saturated rings. The van der Waals surface area contributed by atoms with E-state index in [-0.39, 0.29) is 11.3 Å². The van der Waals surface area contributed by atoms with Gasteiger partial charge in [-0.15, -0.1) is 0 Å². The Morgan fingerprint density at radius 3 is 2.27 bits per heavy atom. The Kier molecular flexibility index (Phi) is 3.77. The molecule has 0 atom stereocenters. The van der Waals surface area contributed by atoms with Gasteiger partial charge in [0, 0.05) is 26.2 Å². The van der Waals surface area contributed by atoms with Gasteiger partial charge in [-0.2, -0.15) is 4.31 Å². The molecule has 1 saturated carbocycles. The molecule has 0 spiro atoms. The lowest BCUT2D eigenvalue weighted by molar-refractivity contribution is -0.135. The first-order valence-corrected chi connectivity index (χ1v) is 9.49. The SMILES string of the molecule is Cc1cccc(C2(C(=O)N3CCN(S(C)(=O)=O)CC3)CC2)c1. The van der Waals surface area contributed by atoms with Crippen molar-refractivity contribution >= 4 is 15.9 Å². The molecule has 1 aromatic rings. The van der Waals surface area contributed by atoms with Crippen LogP contribution < -0.4 is 0 Å². The van der Waals surface area contributed by atoms with Crippen molar-refractivity contribution in [1.29, 1.82) is 0 Å². The van der Waals surface area contributed by atoms with Crippen molar-refractivity contribution in [2.75, 3.05) is 32.4 Å². The molecule has 2 aliphatic rings. The number of hydrogen-bond donors (Lipinski definition) is 0. The average Bonchev–Trinajstić information content (AvgIpc) is 3.27. The minimum absolute atomic E-state index is 0.159. The summed E-state index contributed by atoms with van der Waals surface area (Å²) in [6.07, 6.45) is 3.00. The topological polar surface area (TPSA) is 57.7 Å². The van der Waals surface area contributed by atoms with Crippen LogP contribution in [-0.4, -0.2) is 56.0 Å². The van der Waals surface area contributed by atoms with E-state index in [9.17, 15) is 13.2 Å². The Bertz CT molecular complexity index is 687. The lowest BCUT2D eigenvalue weighted by Crippen LogP contribution is -2.52. The average molecular weight is 322 g/mol. The van der Waals surface area contributed by atoms with Gasteiger partial charge >= 0.3 is 0 Å². The first kappa shape index (κ1) is 15.5. The summed E-state index contributed by atoms with van der Waals surface area (Å²) >= 11 is 0. The first-order valence-electron chi connectivity index (χ1n) is 7.65. The summed E-state index contributed by atoms with van der Waals surface area (Å²) in [5.74, 6) is 0.159. The van der Waals surface area contributed by atoms with Crippen LogP contribution >= 0.6 is 0 Å². The van der Waals surface area contributed by atoms with Crippen LogP contribution in [0.3, 0.4) is 0 Å². The second-order valence-corrected chi connectivity index (χ2v) is 8.39. The van der Waals surface area contributed by atoms with Crippen molar-refractivity contribution in [2.45, 2.75) is 25.2 Å². The van der Waals surface area contributed by atoms with Gasteiger partial charge in [-0.1, -0.05) is 29.8 Å². The molecule has 1 saturated heterocycles. The highest BCUT2D eigenvalue weighted by molar-refractivity contribution is 7.88. The molecule has 3 rings (SSSR count). The van der Waals surface area contributed by atoms with Crippen molar-refractivity contribution < 1.29 is 13.2 Å². The second-order valence-electron chi connectivity index (χ2n) is 6.41. The lowest BCUT2D eigenvalue weighted by atomic mass is 9.93.